The number of esters is 1. The van der Waals surface area contributed by atoms with Gasteiger partial charge in [-0.05, 0) is 164 Å². The van der Waals surface area contributed by atoms with Gasteiger partial charge in [-0.1, -0.05) is 26.0 Å². The van der Waals surface area contributed by atoms with Crippen molar-refractivity contribution in [2.45, 2.75) is 121 Å². The number of rotatable bonds is 3. The normalized spacial score (nSPS) is 42.6. The van der Waals surface area contributed by atoms with E-state index in [1.165, 1.54) is 22.3 Å². The summed E-state index contributed by atoms with van der Waals surface area (Å²) in [7, 11) is 0. The van der Waals surface area contributed by atoms with Crippen LogP contribution in [-0.2, 0) is 17.6 Å². The predicted octanol–water partition coefficient (Wildman–Crippen LogP) is 7.19. The molecule has 0 aliphatic heterocycles. The zero-order valence-corrected chi connectivity index (χ0v) is 25.9. The standard InChI is InChI=1S/C38H48O5/c1-36-16-13-28-27-10-6-25(20-23(27)4-7-30(28)32(36)11-12-34(36)40)43-35(41)21-38(42)18-15-33-31-8-3-22-19-24(39)5-9-26(22)29(31)14-17-37(33,38)2/h5-6,9-10,19-20,28-34,39-40,42H,3-4,7-8,11-18,21H2,1-2H3/t28?,29-,30?,31-,32?,33+,34+,36+,37+,38+/m1/s1. The summed E-state index contributed by atoms with van der Waals surface area (Å²) in [6.07, 6.45) is 11.9. The van der Waals surface area contributed by atoms with Gasteiger partial charge in [-0.25, -0.2) is 0 Å². The van der Waals surface area contributed by atoms with Crippen molar-refractivity contribution in [2.24, 2.45) is 34.5 Å². The van der Waals surface area contributed by atoms with Gasteiger partial charge in [0.1, 0.15) is 11.5 Å². The molecule has 5 heteroatoms. The van der Waals surface area contributed by atoms with Gasteiger partial charge in [-0.2, -0.15) is 0 Å². The first-order valence-corrected chi connectivity index (χ1v) is 17.2. The third-order valence-corrected chi connectivity index (χ3v) is 14.3. The predicted molar refractivity (Wildman–Crippen MR) is 165 cm³/mol. The van der Waals surface area contributed by atoms with Crippen LogP contribution in [0.15, 0.2) is 36.4 Å². The molecule has 0 radical (unpaired) electrons. The maximum atomic E-state index is 13.4. The minimum atomic E-state index is -1.04. The molecule has 2 aromatic rings. The van der Waals surface area contributed by atoms with Gasteiger partial charge in [0.25, 0.3) is 0 Å². The molecule has 4 saturated carbocycles. The van der Waals surface area contributed by atoms with Gasteiger partial charge in [-0.3, -0.25) is 4.79 Å². The van der Waals surface area contributed by atoms with E-state index in [1.807, 2.05) is 18.2 Å². The second-order valence-corrected chi connectivity index (χ2v) is 15.9. The highest BCUT2D eigenvalue weighted by Gasteiger charge is 2.62. The summed E-state index contributed by atoms with van der Waals surface area (Å²) in [6.45, 7) is 4.55. The van der Waals surface area contributed by atoms with Crippen LogP contribution in [0, 0.1) is 34.5 Å². The molecule has 10 atom stereocenters. The molecule has 6 aliphatic rings. The highest BCUT2D eigenvalue weighted by molar-refractivity contribution is 5.74. The molecule has 0 spiro atoms. The van der Waals surface area contributed by atoms with Gasteiger partial charge in [0.05, 0.1) is 18.1 Å². The number of carbonyl (C=O) groups is 1. The Labute approximate surface area is 256 Å². The number of ether oxygens (including phenoxy) is 1. The largest absolute Gasteiger partial charge is 0.508 e. The molecule has 0 amide bonds. The van der Waals surface area contributed by atoms with Crippen molar-refractivity contribution in [3.05, 3.63) is 58.7 Å². The summed E-state index contributed by atoms with van der Waals surface area (Å²) in [5, 5.41) is 32.8. The summed E-state index contributed by atoms with van der Waals surface area (Å²) < 4.78 is 5.98. The zero-order chi connectivity index (χ0) is 29.7. The van der Waals surface area contributed by atoms with Crippen molar-refractivity contribution in [3.8, 4) is 11.5 Å². The quantitative estimate of drug-likeness (QED) is 0.263. The van der Waals surface area contributed by atoms with Crippen LogP contribution in [0.2, 0.25) is 0 Å². The highest BCUT2D eigenvalue weighted by Crippen LogP contribution is 2.65. The van der Waals surface area contributed by atoms with Crippen molar-refractivity contribution in [1.82, 2.24) is 0 Å². The molecule has 3 N–H and O–H groups in total. The van der Waals surface area contributed by atoms with Crippen molar-refractivity contribution in [2.75, 3.05) is 0 Å². The van der Waals surface area contributed by atoms with E-state index < -0.39 is 5.60 Å². The molecule has 8 rings (SSSR count). The average Bonchev–Trinajstić information content (AvgIpc) is 3.43. The highest BCUT2D eigenvalue weighted by atomic mass is 16.5. The number of carbonyl (C=O) groups excluding carboxylic acids is 1. The van der Waals surface area contributed by atoms with Crippen LogP contribution in [0.5, 0.6) is 11.5 Å². The third-order valence-electron chi connectivity index (χ3n) is 14.3. The molecule has 3 unspecified atom stereocenters. The van der Waals surface area contributed by atoms with Gasteiger partial charge < -0.3 is 20.1 Å². The number of hydrogen-bond donors (Lipinski definition) is 3. The van der Waals surface area contributed by atoms with Crippen LogP contribution in [0.1, 0.15) is 119 Å². The van der Waals surface area contributed by atoms with Crippen LogP contribution in [0.3, 0.4) is 0 Å². The molecule has 2 aromatic carbocycles. The fraction of sp³-hybridized carbons (Fsp3) is 0.658. The van der Waals surface area contributed by atoms with Crippen LogP contribution < -0.4 is 4.74 Å². The Kier molecular flexibility index (Phi) is 6.42. The maximum absolute atomic E-state index is 13.4. The molecule has 5 nitrogen and oxygen atoms in total. The Bertz CT molecular complexity index is 1450. The molecule has 0 heterocycles. The number of aromatic hydroxyl groups is 1. The van der Waals surface area contributed by atoms with Gasteiger partial charge in [-0.15, -0.1) is 0 Å². The molecule has 0 bridgehead atoms. The summed E-state index contributed by atoms with van der Waals surface area (Å²) >= 11 is 0. The maximum Gasteiger partial charge on any atom is 0.314 e. The van der Waals surface area contributed by atoms with E-state index in [9.17, 15) is 20.1 Å². The van der Waals surface area contributed by atoms with E-state index in [0.29, 0.717) is 53.4 Å². The van der Waals surface area contributed by atoms with E-state index in [1.54, 1.807) is 0 Å². The van der Waals surface area contributed by atoms with Gasteiger partial charge in [0.15, 0.2) is 0 Å². The number of hydrogen-bond acceptors (Lipinski definition) is 5. The Morgan fingerprint density at radius 3 is 2.26 bits per heavy atom. The molecule has 4 fully saturated rings. The second kappa shape index (κ2) is 9.81. The van der Waals surface area contributed by atoms with E-state index in [-0.39, 0.29) is 29.3 Å². The van der Waals surface area contributed by atoms with Gasteiger partial charge in [0, 0.05) is 5.41 Å². The molecular formula is C38H48O5. The molecule has 230 valence electrons. The monoisotopic (exact) mass is 584 g/mol. The fourth-order valence-corrected chi connectivity index (χ4v) is 12.0. The van der Waals surface area contributed by atoms with Crippen LogP contribution >= 0.6 is 0 Å². The lowest BCUT2D eigenvalue weighted by atomic mass is 9.53. The van der Waals surface area contributed by atoms with Crippen LogP contribution in [0.25, 0.3) is 0 Å². The smallest absolute Gasteiger partial charge is 0.314 e. The van der Waals surface area contributed by atoms with E-state index >= 15 is 0 Å². The Hall–Kier alpha value is -2.37. The van der Waals surface area contributed by atoms with Gasteiger partial charge >= 0.3 is 5.97 Å². The molecular weight excluding hydrogens is 536 g/mol. The Morgan fingerprint density at radius 2 is 1.49 bits per heavy atom. The number of aryl methyl sites for hydroxylation is 2. The van der Waals surface area contributed by atoms with Crippen LogP contribution in [0.4, 0.5) is 0 Å². The Balaban J connectivity index is 0.956. The summed E-state index contributed by atoms with van der Waals surface area (Å²) in [5.41, 5.74) is 4.13. The fourth-order valence-electron chi connectivity index (χ4n) is 12.0. The average molecular weight is 585 g/mol. The SMILES string of the molecule is C[C@]12CCC3c4ccc(OC(=O)C[C@@]5(O)CC[C@H]6[C@@H]7CCc8cc(O)ccc8[C@H]7CC[C@@]65C)cc4CCC3C1CC[C@@H]2O. The van der Waals surface area contributed by atoms with Crippen molar-refractivity contribution in [3.63, 3.8) is 0 Å². The second-order valence-electron chi connectivity index (χ2n) is 15.9. The van der Waals surface area contributed by atoms with Crippen molar-refractivity contribution in [1.29, 1.82) is 0 Å². The first-order valence-electron chi connectivity index (χ1n) is 17.2. The van der Waals surface area contributed by atoms with Crippen LogP contribution in [-0.4, -0.2) is 33.0 Å². The number of benzene rings is 2. The molecule has 43 heavy (non-hydrogen) atoms. The van der Waals surface area contributed by atoms with E-state index in [0.717, 1.165) is 70.6 Å². The number of phenols is 1. The lowest BCUT2D eigenvalue weighted by Gasteiger charge is -2.53. The lowest BCUT2D eigenvalue weighted by molar-refractivity contribution is -0.151. The number of fused-ring (bicyclic) bond motifs is 10. The van der Waals surface area contributed by atoms with Crippen molar-refractivity contribution < 1.29 is 24.9 Å². The van der Waals surface area contributed by atoms with Crippen molar-refractivity contribution >= 4 is 5.97 Å². The molecule has 0 saturated heterocycles. The van der Waals surface area contributed by atoms with E-state index in [2.05, 4.69) is 32.0 Å². The summed E-state index contributed by atoms with van der Waals surface area (Å²) in [4.78, 5) is 13.4. The van der Waals surface area contributed by atoms with E-state index in [4.69, 9.17) is 4.74 Å². The minimum absolute atomic E-state index is 0.0478. The minimum Gasteiger partial charge on any atom is -0.508 e. The summed E-state index contributed by atoms with van der Waals surface area (Å²) in [5.74, 6) is 3.80. The van der Waals surface area contributed by atoms with Gasteiger partial charge in [0.2, 0.25) is 0 Å². The topological polar surface area (TPSA) is 87.0 Å². The zero-order valence-electron chi connectivity index (χ0n) is 25.9. The first-order chi connectivity index (χ1) is 20.6. The third kappa shape index (κ3) is 4.13. The molecule has 0 aromatic heterocycles. The first kappa shape index (κ1) is 28.1. The number of aliphatic hydroxyl groups excluding tert-OH is 1. The number of phenolic OH excluding ortho intramolecular Hbond substituents is 1. The lowest BCUT2D eigenvalue weighted by Crippen LogP contribution is -2.52. The number of aliphatic hydroxyl groups is 2. The molecule has 6 aliphatic carbocycles. The Morgan fingerprint density at radius 1 is 0.814 bits per heavy atom. The summed E-state index contributed by atoms with van der Waals surface area (Å²) in [6, 6.07) is 12.1.